The van der Waals surface area contributed by atoms with E-state index < -0.39 is 0 Å². The lowest BCUT2D eigenvalue weighted by Crippen LogP contribution is -2.30. The van der Waals surface area contributed by atoms with Crippen molar-refractivity contribution in [2.75, 3.05) is 13.1 Å². The number of likely N-dealkylation sites (tertiary alicyclic amines) is 1. The van der Waals surface area contributed by atoms with Gasteiger partial charge in [-0.15, -0.1) is 11.3 Å². The number of para-hydroxylation sites is 1. The van der Waals surface area contributed by atoms with Crippen molar-refractivity contribution in [3.05, 3.63) is 52.6 Å². The monoisotopic (exact) mass is 382 g/mol. The number of hydrogen-bond donors (Lipinski definition) is 1. The summed E-state index contributed by atoms with van der Waals surface area (Å²) in [5, 5.41) is 6.64. The van der Waals surface area contributed by atoms with Gasteiger partial charge in [0.05, 0.1) is 6.04 Å². The second-order valence-electron chi connectivity index (χ2n) is 6.86. The summed E-state index contributed by atoms with van der Waals surface area (Å²) in [6.07, 6.45) is 4.04. The molecule has 1 N–H and O–H groups in total. The van der Waals surface area contributed by atoms with Gasteiger partial charge >= 0.3 is 0 Å². The maximum atomic E-state index is 12.5. The molecule has 27 heavy (non-hydrogen) atoms. The van der Waals surface area contributed by atoms with Gasteiger partial charge in [0.15, 0.2) is 0 Å². The van der Waals surface area contributed by atoms with Crippen LogP contribution in [0.1, 0.15) is 41.3 Å². The van der Waals surface area contributed by atoms with Crippen LogP contribution in [0.5, 0.6) is 0 Å². The molecule has 3 aromatic rings. The Labute approximate surface area is 161 Å². The van der Waals surface area contributed by atoms with Crippen molar-refractivity contribution in [3.63, 3.8) is 0 Å². The zero-order chi connectivity index (χ0) is 18.8. The molecule has 0 bridgehead atoms. The number of amides is 2. The third kappa shape index (κ3) is 3.73. The predicted octanol–water partition coefficient (Wildman–Crippen LogP) is 3.21. The van der Waals surface area contributed by atoms with Gasteiger partial charge in [-0.25, -0.2) is 4.98 Å². The Morgan fingerprint density at radius 1 is 1.22 bits per heavy atom. The molecular weight excluding hydrogens is 360 g/mol. The van der Waals surface area contributed by atoms with E-state index in [0.717, 1.165) is 41.8 Å². The summed E-state index contributed by atoms with van der Waals surface area (Å²) in [5.41, 5.74) is 1.52. The van der Waals surface area contributed by atoms with Crippen LogP contribution in [0, 0.1) is 0 Å². The highest BCUT2D eigenvalue weighted by molar-refractivity contribution is 7.09. The van der Waals surface area contributed by atoms with Crippen LogP contribution in [0.25, 0.3) is 10.9 Å². The largest absolute Gasteiger partial charge is 0.346 e. The molecule has 2 aromatic heterocycles. The van der Waals surface area contributed by atoms with Crippen LogP contribution in [0.3, 0.4) is 0 Å². The predicted molar refractivity (Wildman–Crippen MR) is 106 cm³/mol. The quantitative estimate of drug-likeness (QED) is 0.737. The van der Waals surface area contributed by atoms with Gasteiger partial charge in [0.1, 0.15) is 17.2 Å². The van der Waals surface area contributed by atoms with Gasteiger partial charge < -0.3 is 14.8 Å². The minimum Gasteiger partial charge on any atom is -0.346 e. The zero-order valence-electron chi connectivity index (χ0n) is 15.2. The van der Waals surface area contributed by atoms with E-state index in [4.69, 9.17) is 0 Å². The highest BCUT2D eigenvalue weighted by atomic mass is 32.1. The van der Waals surface area contributed by atoms with Gasteiger partial charge in [-0.3, -0.25) is 9.59 Å². The summed E-state index contributed by atoms with van der Waals surface area (Å²) in [6, 6.07) is 9.75. The summed E-state index contributed by atoms with van der Waals surface area (Å²) in [7, 11) is 0. The molecule has 1 aromatic carbocycles. The molecule has 0 radical (unpaired) electrons. The van der Waals surface area contributed by atoms with E-state index in [2.05, 4.69) is 10.3 Å². The van der Waals surface area contributed by atoms with Crippen LogP contribution >= 0.6 is 11.3 Å². The number of hydrogen-bond acceptors (Lipinski definition) is 4. The van der Waals surface area contributed by atoms with Crippen molar-refractivity contribution in [1.82, 2.24) is 19.8 Å². The third-order valence-electron chi connectivity index (χ3n) is 4.88. The summed E-state index contributed by atoms with van der Waals surface area (Å²) in [6.45, 7) is 3.77. The SMILES string of the molecule is C[C@H](NC(=O)Cn1ccc2ccccc21)c1nc(C(=O)N2CCCC2)cs1. The van der Waals surface area contributed by atoms with E-state index in [1.165, 1.54) is 11.3 Å². The Kier molecular flexibility index (Phi) is 4.94. The van der Waals surface area contributed by atoms with E-state index in [9.17, 15) is 9.59 Å². The topological polar surface area (TPSA) is 67.2 Å². The van der Waals surface area contributed by atoms with Crippen molar-refractivity contribution < 1.29 is 9.59 Å². The molecule has 3 heterocycles. The van der Waals surface area contributed by atoms with E-state index in [1.54, 1.807) is 5.38 Å². The summed E-state index contributed by atoms with van der Waals surface area (Å²) >= 11 is 1.42. The lowest BCUT2D eigenvalue weighted by atomic mass is 10.2. The number of benzene rings is 1. The molecule has 2 amide bonds. The van der Waals surface area contributed by atoms with Gasteiger partial charge in [0.2, 0.25) is 5.91 Å². The van der Waals surface area contributed by atoms with Crippen molar-refractivity contribution in [3.8, 4) is 0 Å². The van der Waals surface area contributed by atoms with Crippen LogP contribution in [-0.2, 0) is 11.3 Å². The van der Waals surface area contributed by atoms with Crippen LogP contribution < -0.4 is 5.32 Å². The second-order valence-corrected chi connectivity index (χ2v) is 7.75. The number of nitrogens with one attached hydrogen (secondary N) is 1. The number of rotatable bonds is 5. The van der Waals surface area contributed by atoms with Crippen LogP contribution in [0.15, 0.2) is 41.9 Å². The number of carbonyl (C=O) groups excluding carboxylic acids is 2. The molecule has 4 rings (SSSR count). The minimum atomic E-state index is -0.232. The standard InChI is InChI=1S/C20H22N4O2S/c1-14(19-22-16(13-27-19)20(26)23-9-4-5-10-23)21-18(25)12-24-11-8-15-6-2-3-7-17(15)24/h2-3,6-8,11,13-14H,4-5,9-10,12H2,1H3,(H,21,25)/t14-/m0/s1. The molecule has 0 unspecified atom stereocenters. The molecule has 1 fully saturated rings. The number of aromatic nitrogens is 2. The van der Waals surface area contributed by atoms with Crippen molar-refractivity contribution in [2.45, 2.75) is 32.4 Å². The first-order valence-electron chi connectivity index (χ1n) is 9.20. The number of thiazole rings is 1. The van der Waals surface area contributed by atoms with E-state index in [-0.39, 0.29) is 24.4 Å². The van der Waals surface area contributed by atoms with Gasteiger partial charge in [0, 0.05) is 30.2 Å². The highest BCUT2D eigenvalue weighted by Gasteiger charge is 2.23. The fourth-order valence-electron chi connectivity index (χ4n) is 3.45. The minimum absolute atomic E-state index is 0.00709. The van der Waals surface area contributed by atoms with Crippen molar-refractivity contribution in [1.29, 1.82) is 0 Å². The molecule has 1 aliphatic rings. The lowest BCUT2D eigenvalue weighted by molar-refractivity contribution is -0.122. The van der Waals surface area contributed by atoms with Crippen LogP contribution in [0.2, 0.25) is 0 Å². The molecule has 1 atom stereocenters. The average Bonchev–Trinajstić information content (AvgIpc) is 3.42. The Morgan fingerprint density at radius 2 is 2.00 bits per heavy atom. The maximum absolute atomic E-state index is 12.5. The van der Waals surface area contributed by atoms with E-state index >= 15 is 0 Å². The number of fused-ring (bicyclic) bond motifs is 1. The third-order valence-corrected chi connectivity index (χ3v) is 5.90. The maximum Gasteiger partial charge on any atom is 0.273 e. The van der Waals surface area contributed by atoms with E-state index in [0.29, 0.717) is 5.69 Å². The summed E-state index contributed by atoms with van der Waals surface area (Å²) in [4.78, 5) is 31.2. The zero-order valence-corrected chi connectivity index (χ0v) is 16.0. The molecule has 0 saturated carbocycles. The van der Waals surface area contributed by atoms with Crippen molar-refractivity contribution in [2.24, 2.45) is 0 Å². The molecule has 0 aliphatic carbocycles. The lowest BCUT2D eigenvalue weighted by Gasteiger charge is -2.14. The molecule has 1 saturated heterocycles. The fraction of sp³-hybridized carbons (Fsp3) is 0.350. The Hall–Kier alpha value is -2.67. The number of carbonyl (C=O) groups is 2. The molecule has 140 valence electrons. The molecule has 6 nitrogen and oxygen atoms in total. The summed E-state index contributed by atoms with van der Waals surface area (Å²) in [5.74, 6) is -0.0844. The van der Waals surface area contributed by atoms with Gasteiger partial charge in [-0.1, -0.05) is 18.2 Å². The Bertz CT molecular complexity index is 971. The fourth-order valence-corrected chi connectivity index (χ4v) is 4.25. The van der Waals surface area contributed by atoms with Crippen LogP contribution in [-0.4, -0.2) is 39.4 Å². The highest BCUT2D eigenvalue weighted by Crippen LogP contribution is 2.21. The molecule has 1 aliphatic heterocycles. The van der Waals surface area contributed by atoms with Crippen molar-refractivity contribution >= 4 is 34.1 Å². The molecular formula is C20H22N4O2S. The molecule has 7 heteroatoms. The summed E-state index contributed by atoms with van der Waals surface area (Å²) < 4.78 is 1.93. The Morgan fingerprint density at radius 3 is 2.81 bits per heavy atom. The first kappa shape index (κ1) is 17.7. The van der Waals surface area contributed by atoms with Gasteiger partial charge in [0.25, 0.3) is 5.91 Å². The van der Waals surface area contributed by atoms with Crippen LogP contribution in [0.4, 0.5) is 0 Å². The normalized spacial score (nSPS) is 15.2. The van der Waals surface area contributed by atoms with E-state index in [1.807, 2.05) is 52.9 Å². The number of nitrogens with zero attached hydrogens (tertiary/aromatic N) is 3. The van der Waals surface area contributed by atoms with Gasteiger partial charge in [-0.05, 0) is 37.3 Å². The Balaban J connectivity index is 1.39. The molecule has 0 spiro atoms. The average molecular weight is 382 g/mol. The smallest absolute Gasteiger partial charge is 0.273 e. The van der Waals surface area contributed by atoms with Gasteiger partial charge in [-0.2, -0.15) is 0 Å². The first-order chi connectivity index (χ1) is 13.1. The second kappa shape index (κ2) is 7.52. The first-order valence-corrected chi connectivity index (χ1v) is 10.1.